The van der Waals surface area contributed by atoms with E-state index in [1.807, 2.05) is 0 Å². The van der Waals surface area contributed by atoms with Gasteiger partial charge in [0.25, 0.3) is 0 Å². The largest absolute Gasteiger partial charge is 0.113 e. The first-order chi connectivity index (χ1) is 25.2. The smallest absolute Gasteiger partial charge is 0.0616 e. The van der Waals surface area contributed by atoms with E-state index >= 15 is 0 Å². The lowest BCUT2D eigenvalue weighted by Gasteiger charge is -2.30. The summed E-state index contributed by atoms with van der Waals surface area (Å²) in [6, 6.07) is 65.3. The molecule has 0 radical (unpaired) electrons. The molecule has 0 fully saturated rings. The van der Waals surface area contributed by atoms with Gasteiger partial charge in [-0.2, -0.15) is 0 Å². The van der Waals surface area contributed by atoms with E-state index in [-0.39, 0.29) is 0 Å². The molecule has 0 aliphatic heterocycles. The molecule has 8 aromatic carbocycles. The maximum atomic E-state index is 2.55. The first kappa shape index (κ1) is 34.2. The van der Waals surface area contributed by atoms with Crippen LogP contribution >= 0.6 is 14.5 Å². The number of hydrogen-bond donors (Lipinski definition) is 0. The van der Waals surface area contributed by atoms with Crippen molar-refractivity contribution >= 4 is 67.9 Å². The maximum Gasteiger partial charge on any atom is 0.113 e. The number of fused-ring (bicyclic) bond motifs is 2. The molecule has 8 rings (SSSR count). The van der Waals surface area contributed by atoms with E-state index in [0.29, 0.717) is 0 Å². The Kier molecular flexibility index (Phi) is 8.96. The van der Waals surface area contributed by atoms with Crippen LogP contribution in [0.1, 0.15) is 22.3 Å². The summed E-state index contributed by atoms with van der Waals surface area (Å²) >= 11 is 0. The Balaban J connectivity index is 1.57. The Bertz CT molecular complexity index is 2270. The van der Waals surface area contributed by atoms with Crippen LogP contribution in [0.4, 0.5) is 0 Å². The Morgan fingerprint density at radius 3 is 0.846 bits per heavy atom. The van der Waals surface area contributed by atoms with E-state index in [4.69, 9.17) is 0 Å². The maximum absolute atomic E-state index is 2.55. The molecular weight excluding hydrogens is 662 g/mol. The van der Waals surface area contributed by atoms with Crippen LogP contribution in [0.2, 0.25) is 0 Å². The fraction of sp³-hybridized carbons (Fsp3) is 0.120. The molecule has 0 amide bonds. The fourth-order valence-corrected chi connectivity index (χ4v) is 14.8. The van der Waals surface area contributed by atoms with Crippen LogP contribution in [-0.2, 0) is 0 Å². The van der Waals surface area contributed by atoms with Gasteiger partial charge in [0.2, 0.25) is 0 Å². The lowest BCUT2D eigenvalue weighted by molar-refractivity contribution is 1.48. The van der Waals surface area contributed by atoms with Gasteiger partial charge in [0, 0.05) is 11.1 Å². The lowest BCUT2D eigenvalue weighted by atomic mass is 9.93. The van der Waals surface area contributed by atoms with Gasteiger partial charge in [0.15, 0.2) is 0 Å². The second-order valence-corrected chi connectivity index (χ2v) is 21.8. The average Bonchev–Trinajstić information content (AvgIpc) is 3.17. The van der Waals surface area contributed by atoms with Crippen molar-refractivity contribution in [2.24, 2.45) is 0 Å². The van der Waals surface area contributed by atoms with Crippen molar-refractivity contribution in [1.29, 1.82) is 0 Å². The molecule has 0 bridgehead atoms. The Morgan fingerprint density at radius 1 is 0.288 bits per heavy atom. The Labute approximate surface area is 310 Å². The summed E-state index contributed by atoms with van der Waals surface area (Å²) in [5, 5.41) is 13.6. The second kappa shape index (κ2) is 13.6. The van der Waals surface area contributed by atoms with Crippen LogP contribution in [-0.4, -0.2) is 13.3 Å². The van der Waals surface area contributed by atoms with Crippen molar-refractivity contribution in [3.63, 3.8) is 0 Å². The molecule has 0 nitrogen and oxygen atoms in total. The molecular formula is C50H46P2+2. The van der Waals surface area contributed by atoms with E-state index < -0.39 is 14.5 Å². The quantitative estimate of drug-likeness (QED) is 0.145. The third-order valence-corrected chi connectivity index (χ3v) is 19.2. The highest BCUT2D eigenvalue weighted by atomic mass is 31.2. The molecule has 0 heterocycles. The molecule has 0 N–H and O–H groups in total. The molecule has 0 atom stereocenters. The number of benzene rings is 8. The predicted molar refractivity (Wildman–Crippen MR) is 235 cm³/mol. The molecule has 0 saturated carbocycles. The van der Waals surface area contributed by atoms with Crippen molar-refractivity contribution in [2.75, 3.05) is 13.3 Å². The molecule has 0 aliphatic carbocycles. The molecule has 0 spiro atoms. The topological polar surface area (TPSA) is 0 Å². The third-order valence-electron chi connectivity index (χ3n) is 11.2. The van der Waals surface area contributed by atoms with Gasteiger partial charge in [0.05, 0.1) is 13.3 Å². The van der Waals surface area contributed by atoms with Crippen molar-refractivity contribution in [1.82, 2.24) is 0 Å². The average molecular weight is 709 g/mol. The van der Waals surface area contributed by atoms with Crippen LogP contribution in [0.3, 0.4) is 0 Å². The third kappa shape index (κ3) is 5.80. The van der Waals surface area contributed by atoms with Crippen LogP contribution < -0.4 is 31.8 Å². The van der Waals surface area contributed by atoms with Gasteiger partial charge >= 0.3 is 0 Å². The molecule has 0 aliphatic rings. The van der Waals surface area contributed by atoms with Crippen LogP contribution in [0.5, 0.6) is 0 Å². The summed E-state index contributed by atoms with van der Waals surface area (Å²) in [5.74, 6) is 0. The van der Waals surface area contributed by atoms with Gasteiger partial charge in [-0.1, -0.05) is 131 Å². The van der Waals surface area contributed by atoms with Gasteiger partial charge in [-0.05, 0) is 110 Å². The highest BCUT2D eigenvalue weighted by Crippen LogP contribution is 2.58. The molecule has 52 heavy (non-hydrogen) atoms. The minimum atomic E-state index is -2.17. The van der Waals surface area contributed by atoms with Crippen molar-refractivity contribution in [3.05, 3.63) is 192 Å². The first-order valence-corrected chi connectivity index (χ1v) is 22.7. The first-order valence-electron chi connectivity index (χ1n) is 18.2. The van der Waals surface area contributed by atoms with Gasteiger partial charge in [-0.15, -0.1) is 0 Å². The van der Waals surface area contributed by atoms with E-state index in [1.54, 1.807) is 0 Å². The van der Waals surface area contributed by atoms with Crippen LogP contribution in [0, 0.1) is 27.7 Å². The Morgan fingerprint density at radius 2 is 0.558 bits per heavy atom. The molecule has 0 unspecified atom stereocenters. The highest BCUT2D eigenvalue weighted by molar-refractivity contribution is 7.96. The number of aryl methyl sites for hydroxylation is 4. The monoisotopic (exact) mass is 708 g/mol. The summed E-state index contributed by atoms with van der Waals surface area (Å²) in [5.41, 5.74) is 7.87. The fourth-order valence-electron chi connectivity index (χ4n) is 8.02. The van der Waals surface area contributed by atoms with Gasteiger partial charge < -0.3 is 0 Å². The van der Waals surface area contributed by atoms with Crippen LogP contribution in [0.25, 0.3) is 32.7 Å². The number of hydrogen-bond acceptors (Lipinski definition) is 0. The standard InChI is InChI=1S/C50H46P2/c1-35-15-25-41(26-16-35)51(5,42-27-17-36(2)18-28-42)47-33-23-39-11-7-9-13-45(39)49(47)50-46-14-10-8-12-40(46)24-34-48(50)52(6,43-29-19-37(3)20-30-43)44-31-21-38(4)22-32-44/h7-34H,1-6H3/q+2. The second-order valence-electron chi connectivity index (χ2n) is 14.7. The minimum Gasteiger partial charge on any atom is -0.0616 e. The van der Waals surface area contributed by atoms with E-state index in [1.165, 1.54) is 86.8 Å². The number of rotatable bonds is 7. The molecule has 0 aromatic heterocycles. The Hall–Kier alpha value is -4.86. The summed E-state index contributed by atoms with van der Waals surface area (Å²) in [4.78, 5) is 0. The molecule has 2 heteroatoms. The SMILES string of the molecule is Cc1ccc([P+](C)(c2ccc(C)cc2)c2ccc3ccccc3c2-c2c([P+](C)(c3ccc(C)cc3)c3ccc(C)cc3)ccc3ccccc23)cc1. The zero-order valence-corrected chi connectivity index (χ0v) is 32.8. The predicted octanol–water partition coefficient (Wildman–Crippen LogP) is 10.7. The molecule has 8 aromatic rings. The summed E-state index contributed by atoms with van der Waals surface area (Å²) in [6.45, 7) is 13.9. The van der Waals surface area contributed by atoms with E-state index in [2.05, 4.69) is 211 Å². The van der Waals surface area contributed by atoms with Crippen molar-refractivity contribution in [3.8, 4) is 11.1 Å². The van der Waals surface area contributed by atoms with Crippen molar-refractivity contribution < 1.29 is 0 Å². The molecule has 254 valence electrons. The summed E-state index contributed by atoms with van der Waals surface area (Å²) in [6.07, 6.45) is 0. The van der Waals surface area contributed by atoms with Crippen LogP contribution in [0.15, 0.2) is 170 Å². The highest BCUT2D eigenvalue weighted by Gasteiger charge is 2.47. The van der Waals surface area contributed by atoms with E-state index in [0.717, 1.165) is 0 Å². The zero-order valence-electron chi connectivity index (χ0n) is 31.1. The van der Waals surface area contributed by atoms with Crippen molar-refractivity contribution in [2.45, 2.75) is 27.7 Å². The van der Waals surface area contributed by atoms with Gasteiger partial charge in [0.1, 0.15) is 46.4 Å². The molecule has 0 saturated heterocycles. The lowest BCUT2D eigenvalue weighted by Crippen LogP contribution is -2.34. The summed E-state index contributed by atoms with van der Waals surface area (Å²) < 4.78 is 0. The van der Waals surface area contributed by atoms with Gasteiger partial charge in [-0.25, -0.2) is 0 Å². The zero-order chi connectivity index (χ0) is 36.0. The summed E-state index contributed by atoms with van der Waals surface area (Å²) in [7, 11) is -4.34. The van der Waals surface area contributed by atoms with Gasteiger partial charge in [-0.3, -0.25) is 0 Å². The normalized spacial score (nSPS) is 12.0. The minimum absolute atomic E-state index is 1.27. The van der Waals surface area contributed by atoms with E-state index in [9.17, 15) is 0 Å².